The van der Waals surface area contributed by atoms with Gasteiger partial charge in [0.05, 0.1) is 11.8 Å². The van der Waals surface area contributed by atoms with Crippen LogP contribution in [0.4, 0.5) is 0 Å². The fourth-order valence-electron chi connectivity index (χ4n) is 2.15. The number of nitrogens with one attached hydrogen (secondary N) is 1. The van der Waals surface area contributed by atoms with Crippen LogP contribution in [0.1, 0.15) is 40.5 Å². The average molecular weight is 452 g/mol. The zero-order valence-corrected chi connectivity index (χ0v) is 15.8. The molecule has 114 valence electrons. The summed E-state index contributed by atoms with van der Waals surface area (Å²) in [6.07, 6.45) is 0.150. The molecule has 0 bridgehead atoms. The van der Waals surface area contributed by atoms with Crippen molar-refractivity contribution in [3.63, 3.8) is 0 Å². The number of imide groups is 1. The predicted octanol–water partition coefficient (Wildman–Crippen LogP) is 2.46. The minimum atomic E-state index is -0.747. The van der Waals surface area contributed by atoms with E-state index in [2.05, 4.69) is 0 Å². The van der Waals surface area contributed by atoms with Crippen molar-refractivity contribution in [2.45, 2.75) is 40.5 Å². The van der Waals surface area contributed by atoms with Crippen LogP contribution >= 0.6 is 0 Å². The van der Waals surface area contributed by atoms with Crippen LogP contribution in [0.3, 0.4) is 0 Å². The van der Waals surface area contributed by atoms with Gasteiger partial charge in [-0.3, -0.25) is 14.5 Å². The molecule has 1 N–H and O–H groups in total. The first-order valence-corrected chi connectivity index (χ1v) is 6.23. The number of rotatable bonds is 4. The Labute approximate surface area is 135 Å². The molecule has 1 rings (SSSR count). The van der Waals surface area contributed by atoms with Gasteiger partial charge in [-0.2, -0.15) is 0 Å². The fraction of sp³-hybridized carbons (Fsp3) is 0.714. The molecule has 0 radical (unpaired) electrons. The standard InChI is InChI=1S/C13H22N2O3.CH3.W/c1-8(13(2,3)4)9-7-11(17)15(12(9)18)6-5-10(14)16;;/h8-9H,5-7H2,1-4H3,(H2,14,16);1H3;/q;-1;+2/p-1. The third-order valence-corrected chi connectivity index (χ3v) is 3.81. The molecule has 2 unspecified atom stereocenters. The average Bonchev–Trinajstić information content (AvgIpc) is 2.49. The van der Waals surface area contributed by atoms with Crippen molar-refractivity contribution >= 4 is 17.7 Å². The van der Waals surface area contributed by atoms with E-state index in [4.69, 9.17) is 5.73 Å². The molecule has 5 nitrogen and oxygen atoms in total. The molecule has 1 aliphatic rings. The first-order valence-electron chi connectivity index (χ1n) is 6.23. The monoisotopic (exact) mass is 452 g/mol. The third-order valence-electron chi connectivity index (χ3n) is 3.81. The van der Waals surface area contributed by atoms with Gasteiger partial charge in [0.25, 0.3) is 0 Å². The second-order valence-electron chi connectivity index (χ2n) is 6.02. The Kier molecular flexibility index (Phi) is 8.55. The molecule has 0 aliphatic carbocycles. The second kappa shape index (κ2) is 7.92. The van der Waals surface area contributed by atoms with E-state index in [-0.39, 0.29) is 76.9 Å². The van der Waals surface area contributed by atoms with E-state index in [0.717, 1.165) is 4.90 Å². The largest absolute Gasteiger partial charge is 2.00 e. The van der Waals surface area contributed by atoms with Crippen LogP contribution in [-0.4, -0.2) is 29.2 Å². The molecule has 0 aromatic heterocycles. The summed E-state index contributed by atoms with van der Waals surface area (Å²) in [7, 11) is 0. The summed E-state index contributed by atoms with van der Waals surface area (Å²) in [5.41, 5.74) is 6.78. The van der Waals surface area contributed by atoms with E-state index in [1.165, 1.54) is 0 Å². The number of amides is 3. The van der Waals surface area contributed by atoms with Crippen molar-refractivity contribution in [1.82, 2.24) is 4.90 Å². The summed E-state index contributed by atoms with van der Waals surface area (Å²) in [4.78, 5) is 35.7. The SMILES string of the molecule is CC(C1CC(=O)N(CCC([NH-])=O)C1=O)C(C)(C)C.[CH3-].[W+2]. The molecule has 2 atom stereocenters. The Balaban J connectivity index is 0. The molecular formula is C14H24N2O3W. The van der Waals surface area contributed by atoms with E-state index in [1.807, 2.05) is 27.7 Å². The van der Waals surface area contributed by atoms with Crippen molar-refractivity contribution in [3.8, 4) is 0 Å². The normalized spacial score (nSPS) is 20.2. The Bertz CT molecular complexity index is 377. The van der Waals surface area contributed by atoms with Crippen LogP contribution in [0.5, 0.6) is 0 Å². The number of likely N-dealkylation sites (tertiary alicyclic amines) is 1. The number of hydrogen-bond acceptors (Lipinski definition) is 3. The summed E-state index contributed by atoms with van der Waals surface area (Å²) in [5.74, 6) is -1.35. The molecule has 0 aromatic carbocycles. The second-order valence-corrected chi connectivity index (χ2v) is 6.02. The van der Waals surface area contributed by atoms with Gasteiger partial charge >= 0.3 is 21.1 Å². The molecule has 1 saturated heterocycles. The number of nitrogens with zero attached hydrogens (tertiary/aromatic N) is 1. The summed E-state index contributed by atoms with van der Waals surface area (Å²) < 4.78 is 0. The number of carbonyl (C=O) groups excluding carboxylic acids is 3. The van der Waals surface area contributed by atoms with Crippen LogP contribution < -0.4 is 0 Å². The van der Waals surface area contributed by atoms with E-state index in [1.54, 1.807) is 0 Å². The molecule has 3 amide bonds. The van der Waals surface area contributed by atoms with E-state index >= 15 is 0 Å². The zero-order chi connectivity index (χ0) is 14.1. The van der Waals surface area contributed by atoms with E-state index in [9.17, 15) is 14.4 Å². The fourth-order valence-corrected chi connectivity index (χ4v) is 2.15. The van der Waals surface area contributed by atoms with Gasteiger partial charge in [0.15, 0.2) is 0 Å². The first-order chi connectivity index (χ1) is 8.14. The van der Waals surface area contributed by atoms with Gasteiger partial charge in [-0.05, 0) is 11.3 Å². The van der Waals surface area contributed by atoms with Gasteiger partial charge in [0.2, 0.25) is 11.8 Å². The first kappa shape index (κ1) is 21.6. The predicted molar refractivity (Wildman–Crippen MR) is 73.8 cm³/mol. The summed E-state index contributed by atoms with van der Waals surface area (Å²) in [5, 5.41) is 0. The Hall–Kier alpha value is -0.702. The minimum absolute atomic E-state index is 0. The van der Waals surface area contributed by atoms with Crippen LogP contribution in [0, 0.1) is 24.7 Å². The van der Waals surface area contributed by atoms with Crippen LogP contribution in [0.25, 0.3) is 5.73 Å². The summed E-state index contributed by atoms with van der Waals surface area (Å²) >= 11 is 0. The minimum Gasteiger partial charge on any atom is -0.668 e. The molecule has 0 saturated carbocycles. The van der Waals surface area contributed by atoms with Crippen molar-refractivity contribution in [2.75, 3.05) is 6.54 Å². The van der Waals surface area contributed by atoms with Crippen molar-refractivity contribution < 1.29 is 35.4 Å². The van der Waals surface area contributed by atoms with E-state index in [0.29, 0.717) is 0 Å². The molecule has 1 fully saturated rings. The number of hydrogen-bond donors (Lipinski definition) is 0. The van der Waals surface area contributed by atoms with Crippen molar-refractivity contribution in [1.29, 1.82) is 0 Å². The summed E-state index contributed by atoms with van der Waals surface area (Å²) in [6.45, 7) is 8.17. The maximum Gasteiger partial charge on any atom is 2.00 e. The van der Waals surface area contributed by atoms with E-state index < -0.39 is 5.91 Å². The maximum atomic E-state index is 12.1. The van der Waals surface area contributed by atoms with Crippen molar-refractivity contribution in [3.05, 3.63) is 13.2 Å². The van der Waals surface area contributed by atoms with Crippen LogP contribution in [0.2, 0.25) is 0 Å². The van der Waals surface area contributed by atoms with Gasteiger partial charge in [-0.1, -0.05) is 27.7 Å². The molecular weight excluding hydrogens is 428 g/mol. The molecule has 20 heavy (non-hydrogen) atoms. The van der Waals surface area contributed by atoms with Crippen LogP contribution in [0.15, 0.2) is 0 Å². The summed E-state index contributed by atoms with van der Waals surface area (Å²) in [6, 6.07) is 0. The Morgan fingerprint density at radius 2 is 1.90 bits per heavy atom. The quantitative estimate of drug-likeness (QED) is 0.486. The van der Waals surface area contributed by atoms with Gasteiger partial charge in [0, 0.05) is 19.4 Å². The van der Waals surface area contributed by atoms with Crippen LogP contribution in [-0.2, 0) is 35.4 Å². The molecule has 1 aliphatic heterocycles. The zero-order valence-electron chi connectivity index (χ0n) is 12.9. The maximum absolute atomic E-state index is 12.1. The molecule has 0 aromatic rings. The molecule has 6 heteroatoms. The third kappa shape index (κ3) is 5.01. The Morgan fingerprint density at radius 1 is 1.40 bits per heavy atom. The Morgan fingerprint density at radius 3 is 2.30 bits per heavy atom. The van der Waals surface area contributed by atoms with Gasteiger partial charge in [-0.15, -0.1) is 0 Å². The van der Waals surface area contributed by atoms with Gasteiger partial charge < -0.3 is 18.0 Å². The molecule has 0 spiro atoms. The topological polar surface area (TPSA) is 78.2 Å². The van der Waals surface area contributed by atoms with Crippen molar-refractivity contribution in [2.24, 2.45) is 17.3 Å². The smallest absolute Gasteiger partial charge is 0.668 e. The van der Waals surface area contributed by atoms with Gasteiger partial charge in [-0.25, -0.2) is 0 Å². The van der Waals surface area contributed by atoms with Gasteiger partial charge in [0.1, 0.15) is 0 Å². The molecule has 1 heterocycles. The number of carbonyl (C=O) groups is 3.